The van der Waals surface area contributed by atoms with E-state index >= 15 is 0 Å². The Morgan fingerprint density at radius 1 is 1.06 bits per heavy atom. The molecular formula is C12H13F2NS. The summed E-state index contributed by atoms with van der Waals surface area (Å²) in [6.45, 7) is 5.85. The normalized spacial score (nSPS) is 9.56. The predicted molar refractivity (Wildman–Crippen MR) is 63.6 cm³/mol. The van der Waals surface area contributed by atoms with Gasteiger partial charge in [-0.1, -0.05) is 13.8 Å². The van der Waals surface area contributed by atoms with Gasteiger partial charge in [-0.3, -0.25) is 0 Å². The summed E-state index contributed by atoms with van der Waals surface area (Å²) < 4.78 is 25.7. The minimum absolute atomic E-state index is 0.535. The standard InChI is InChI=1S/C10H7F2NS.C2H6/c1-6-13-5-10(14-6)7-2-8(11)4-9(12)3-7;1-2/h2-5H,1H3;1-2H3. The lowest BCUT2D eigenvalue weighted by Crippen LogP contribution is -1.81. The fraction of sp³-hybridized carbons (Fsp3) is 0.250. The van der Waals surface area contributed by atoms with Crippen molar-refractivity contribution < 1.29 is 8.78 Å². The lowest BCUT2D eigenvalue weighted by atomic mass is 10.2. The maximum absolute atomic E-state index is 12.9. The first-order valence-corrected chi connectivity index (χ1v) is 5.86. The Hall–Kier alpha value is -1.29. The topological polar surface area (TPSA) is 12.9 Å². The van der Waals surface area contributed by atoms with Gasteiger partial charge in [0, 0.05) is 12.3 Å². The SMILES string of the molecule is CC.Cc1ncc(-c2cc(F)cc(F)c2)s1. The van der Waals surface area contributed by atoms with Crippen LogP contribution >= 0.6 is 11.3 Å². The molecule has 0 saturated carbocycles. The van der Waals surface area contributed by atoms with Crippen molar-refractivity contribution in [2.75, 3.05) is 0 Å². The van der Waals surface area contributed by atoms with Gasteiger partial charge in [0.15, 0.2) is 0 Å². The molecule has 0 aliphatic heterocycles. The van der Waals surface area contributed by atoms with Gasteiger partial charge < -0.3 is 0 Å². The molecule has 4 heteroatoms. The van der Waals surface area contributed by atoms with Gasteiger partial charge in [0.1, 0.15) is 11.6 Å². The Morgan fingerprint density at radius 3 is 2.06 bits per heavy atom. The van der Waals surface area contributed by atoms with E-state index in [1.54, 1.807) is 6.20 Å². The molecule has 0 saturated heterocycles. The van der Waals surface area contributed by atoms with Gasteiger partial charge in [-0.25, -0.2) is 13.8 Å². The van der Waals surface area contributed by atoms with Gasteiger partial charge in [-0.15, -0.1) is 11.3 Å². The Kier molecular flexibility index (Phi) is 4.55. The van der Waals surface area contributed by atoms with Crippen molar-refractivity contribution in [3.05, 3.63) is 41.0 Å². The highest BCUT2D eigenvalue weighted by Gasteiger charge is 2.05. The van der Waals surface area contributed by atoms with Crippen LogP contribution < -0.4 is 0 Å². The second-order valence-electron chi connectivity index (χ2n) is 2.90. The fourth-order valence-corrected chi connectivity index (χ4v) is 1.96. The molecule has 0 amide bonds. The fourth-order valence-electron chi connectivity index (χ4n) is 1.19. The minimum Gasteiger partial charge on any atom is -0.249 e. The summed E-state index contributed by atoms with van der Waals surface area (Å²) in [5.74, 6) is -1.13. The zero-order valence-electron chi connectivity index (χ0n) is 9.42. The lowest BCUT2D eigenvalue weighted by Gasteiger charge is -1.97. The highest BCUT2D eigenvalue weighted by molar-refractivity contribution is 7.15. The minimum atomic E-state index is -0.564. The van der Waals surface area contributed by atoms with Crippen LogP contribution in [0, 0.1) is 18.6 Å². The Bertz CT molecular complexity index is 446. The first kappa shape index (κ1) is 12.8. The molecule has 0 fully saturated rings. The van der Waals surface area contributed by atoms with Crippen LogP contribution in [0.25, 0.3) is 10.4 Å². The van der Waals surface area contributed by atoms with Crippen LogP contribution in [0.4, 0.5) is 8.78 Å². The van der Waals surface area contributed by atoms with E-state index in [4.69, 9.17) is 0 Å². The number of aromatic nitrogens is 1. The first-order chi connectivity index (χ1) is 7.65. The molecule has 0 N–H and O–H groups in total. The molecule has 0 unspecified atom stereocenters. The maximum Gasteiger partial charge on any atom is 0.126 e. The number of nitrogens with zero attached hydrogens (tertiary/aromatic N) is 1. The molecule has 2 aromatic rings. The lowest BCUT2D eigenvalue weighted by molar-refractivity contribution is 0.584. The van der Waals surface area contributed by atoms with E-state index in [0.29, 0.717) is 5.56 Å². The van der Waals surface area contributed by atoms with Crippen molar-refractivity contribution in [3.63, 3.8) is 0 Å². The van der Waals surface area contributed by atoms with Crippen LogP contribution in [0.3, 0.4) is 0 Å². The van der Waals surface area contributed by atoms with Gasteiger partial charge >= 0.3 is 0 Å². The number of aryl methyl sites for hydroxylation is 1. The molecular weight excluding hydrogens is 228 g/mol. The summed E-state index contributed by atoms with van der Waals surface area (Å²) in [6.07, 6.45) is 1.62. The summed E-state index contributed by atoms with van der Waals surface area (Å²) in [7, 11) is 0. The number of halogens is 2. The smallest absolute Gasteiger partial charge is 0.126 e. The summed E-state index contributed by atoms with van der Waals surface area (Å²) in [5.41, 5.74) is 0.535. The van der Waals surface area contributed by atoms with Crippen LogP contribution in [0.1, 0.15) is 18.9 Å². The van der Waals surface area contributed by atoms with Crippen molar-refractivity contribution in [2.45, 2.75) is 20.8 Å². The Balaban J connectivity index is 0.000000606. The Morgan fingerprint density at radius 2 is 1.62 bits per heavy atom. The molecule has 0 bridgehead atoms. The Labute approximate surface area is 97.8 Å². The average molecular weight is 241 g/mol. The zero-order valence-corrected chi connectivity index (χ0v) is 10.2. The predicted octanol–water partition coefficient (Wildman–Crippen LogP) is 4.42. The van der Waals surface area contributed by atoms with Gasteiger partial charge in [-0.2, -0.15) is 0 Å². The monoisotopic (exact) mass is 241 g/mol. The summed E-state index contributed by atoms with van der Waals surface area (Å²) in [4.78, 5) is 4.80. The van der Waals surface area contributed by atoms with Crippen molar-refractivity contribution in [2.24, 2.45) is 0 Å². The largest absolute Gasteiger partial charge is 0.249 e. The molecule has 16 heavy (non-hydrogen) atoms. The molecule has 0 spiro atoms. The number of thiazole rings is 1. The highest BCUT2D eigenvalue weighted by atomic mass is 32.1. The molecule has 1 heterocycles. The van der Waals surface area contributed by atoms with Crippen LogP contribution in [-0.2, 0) is 0 Å². The van der Waals surface area contributed by atoms with E-state index in [-0.39, 0.29) is 0 Å². The third kappa shape index (κ3) is 3.10. The molecule has 0 aliphatic rings. The summed E-state index contributed by atoms with van der Waals surface area (Å²) in [5, 5.41) is 0.879. The van der Waals surface area contributed by atoms with E-state index in [0.717, 1.165) is 16.0 Å². The van der Waals surface area contributed by atoms with E-state index in [2.05, 4.69) is 4.98 Å². The average Bonchev–Trinajstić information content (AvgIpc) is 2.66. The van der Waals surface area contributed by atoms with Gasteiger partial charge in [0.25, 0.3) is 0 Å². The van der Waals surface area contributed by atoms with Gasteiger partial charge in [-0.05, 0) is 24.6 Å². The van der Waals surface area contributed by atoms with E-state index in [1.165, 1.54) is 23.5 Å². The van der Waals surface area contributed by atoms with E-state index in [9.17, 15) is 8.78 Å². The second-order valence-corrected chi connectivity index (χ2v) is 4.14. The number of benzene rings is 1. The summed E-state index contributed by atoms with van der Waals surface area (Å²) >= 11 is 1.41. The number of hydrogen-bond acceptors (Lipinski definition) is 2. The number of rotatable bonds is 1. The number of hydrogen-bond donors (Lipinski definition) is 0. The van der Waals surface area contributed by atoms with Gasteiger partial charge in [0.05, 0.1) is 9.88 Å². The van der Waals surface area contributed by atoms with Crippen molar-refractivity contribution in [1.29, 1.82) is 0 Å². The molecule has 1 nitrogen and oxygen atoms in total. The molecule has 86 valence electrons. The molecule has 1 aromatic heterocycles. The van der Waals surface area contributed by atoms with Crippen molar-refractivity contribution in [3.8, 4) is 10.4 Å². The van der Waals surface area contributed by atoms with Crippen LogP contribution in [0.5, 0.6) is 0 Å². The molecule has 0 atom stereocenters. The van der Waals surface area contributed by atoms with Crippen LogP contribution in [-0.4, -0.2) is 4.98 Å². The van der Waals surface area contributed by atoms with Crippen molar-refractivity contribution in [1.82, 2.24) is 4.98 Å². The quantitative estimate of drug-likeness (QED) is 0.720. The van der Waals surface area contributed by atoms with E-state index in [1.807, 2.05) is 20.8 Å². The first-order valence-electron chi connectivity index (χ1n) is 5.04. The maximum atomic E-state index is 12.9. The molecule has 1 aromatic carbocycles. The molecule has 2 rings (SSSR count). The van der Waals surface area contributed by atoms with Crippen LogP contribution in [0.2, 0.25) is 0 Å². The van der Waals surface area contributed by atoms with Gasteiger partial charge in [0.2, 0.25) is 0 Å². The van der Waals surface area contributed by atoms with Crippen molar-refractivity contribution >= 4 is 11.3 Å². The molecule has 0 aliphatic carbocycles. The van der Waals surface area contributed by atoms with Crippen LogP contribution in [0.15, 0.2) is 24.4 Å². The zero-order chi connectivity index (χ0) is 12.1. The highest BCUT2D eigenvalue weighted by Crippen LogP contribution is 2.26. The molecule has 0 radical (unpaired) electrons. The third-order valence-corrected chi connectivity index (χ3v) is 2.73. The van der Waals surface area contributed by atoms with E-state index < -0.39 is 11.6 Å². The second kappa shape index (κ2) is 5.70. The third-order valence-electron chi connectivity index (χ3n) is 1.77. The summed E-state index contributed by atoms with van der Waals surface area (Å²) in [6, 6.07) is 3.46.